The Morgan fingerprint density at radius 2 is 2.18 bits per heavy atom. The first-order valence-corrected chi connectivity index (χ1v) is 5.16. The molecule has 0 saturated heterocycles. The number of amides is 1. The maximum atomic E-state index is 10.9. The fourth-order valence-corrected chi connectivity index (χ4v) is 1.41. The molecule has 2 rings (SSSR count). The van der Waals surface area contributed by atoms with E-state index in [1.165, 1.54) is 6.92 Å². The lowest BCUT2D eigenvalue weighted by molar-refractivity contribution is -0.114. The first-order valence-electron chi connectivity index (χ1n) is 5.16. The summed E-state index contributed by atoms with van der Waals surface area (Å²) in [5.41, 5.74) is 0.838. The Kier molecular flexibility index (Phi) is 3.04. The Labute approximate surface area is 98.7 Å². The summed E-state index contributed by atoms with van der Waals surface area (Å²) in [6.45, 7) is 1.45. The van der Waals surface area contributed by atoms with E-state index in [-0.39, 0.29) is 5.91 Å². The fourth-order valence-electron chi connectivity index (χ4n) is 1.41. The van der Waals surface area contributed by atoms with Gasteiger partial charge in [-0.1, -0.05) is 0 Å². The molecule has 0 spiro atoms. The zero-order valence-corrected chi connectivity index (χ0v) is 9.64. The van der Waals surface area contributed by atoms with Crippen LogP contribution >= 0.6 is 0 Å². The SMILES string of the molecule is CNc1ccn(-c2ccnc(NC(C)=O)c2)n1. The van der Waals surface area contributed by atoms with E-state index in [1.54, 1.807) is 16.9 Å². The Hall–Kier alpha value is -2.37. The molecule has 0 fully saturated rings. The molecule has 0 aliphatic heterocycles. The van der Waals surface area contributed by atoms with E-state index in [1.807, 2.05) is 25.4 Å². The van der Waals surface area contributed by atoms with Crippen LogP contribution in [-0.2, 0) is 4.79 Å². The van der Waals surface area contributed by atoms with E-state index in [4.69, 9.17) is 0 Å². The number of nitrogens with zero attached hydrogens (tertiary/aromatic N) is 3. The molecular weight excluding hydrogens is 218 g/mol. The number of anilines is 2. The average Bonchev–Trinajstić information content (AvgIpc) is 2.77. The highest BCUT2D eigenvalue weighted by molar-refractivity contribution is 5.87. The molecule has 6 nitrogen and oxygen atoms in total. The second-order valence-electron chi connectivity index (χ2n) is 3.48. The van der Waals surface area contributed by atoms with Gasteiger partial charge in [0.05, 0.1) is 5.69 Å². The van der Waals surface area contributed by atoms with E-state index in [0.717, 1.165) is 11.5 Å². The standard InChI is InChI=1S/C11H13N5O/c1-8(17)14-11-7-9(3-5-13-11)16-6-4-10(12-2)15-16/h3-7H,1-2H3,(H,12,15)(H,13,14,17). The van der Waals surface area contributed by atoms with Crippen LogP contribution in [0.2, 0.25) is 0 Å². The molecular formula is C11H13N5O. The van der Waals surface area contributed by atoms with Crippen LogP contribution in [0.3, 0.4) is 0 Å². The molecule has 2 heterocycles. The van der Waals surface area contributed by atoms with E-state index >= 15 is 0 Å². The lowest BCUT2D eigenvalue weighted by atomic mass is 10.4. The lowest BCUT2D eigenvalue weighted by Crippen LogP contribution is -2.08. The van der Waals surface area contributed by atoms with Crippen LogP contribution in [0.4, 0.5) is 11.6 Å². The van der Waals surface area contributed by atoms with Gasteiger partial charge in [-0.25, -0.2) is 9.67 Å². The molecule has 0 radical (unpaired) electrons. The van der Waals surface area contributed by atoms with Crippen LogP contribution in [0.1, 0.15) is 6.92 Å². The third-order valence-electron chi connectivity index (χ3n) is 2.16. The molecule has 2 N–H and O–H groups in total. The van der Waals surface area contributed by atoms with Gasteiger partial charge in [0.15, 0.2) is 0 Å². The molecule has 0 unspecified atom stereocenters. The van der Waals surface area contributed by atoms with Crippen molar-refractivity contribution >= 4 is 17.5 Å². The minimum absolute atomic E-state index is 0.147. The third kappa shape index (κ3) is 2.60. The van der Waals surface area contributed by atoms with Crippen LogP contribution in [0.5, 0.6) is 0 Å². The number of hydrogen-bond donors (Lipinski definition) is 2. The van der Waals surface area contributed by atoms with Crippen molar-refractivity contribution < 1.29 is 4.79 Å². The van der Waals surface area contributed by atoms with Gasteiger partial charge in [0.25, 0.3) is 0 Å². The molecule has 0 bridgehead atoms. The molecule has 0 aliphatic carbocycles. The number of pyridine rings is 1. The van der Waals surface area contributed by atoms with Gasteiger partial charge in [-0.3, -0.25) is 4.79 Å². The van der Waals surface area contributed by atoms with Crippen LogP contribution < -0.4 is 10.6 Å². The van der Waals surface area contributed by atoms with Gasteiger partial charge in [0.1, 0.15) is 11.6 Å². The quantitative estimate of drug-likeness (QED) is 0.834. The predicted molar refractivity (Wildman–Crippen MR) is 65.2 cm³/mol. The van der Waals surface area contributed by atoms with E-state index in [9.17, 15) is 4.79 Å². The van der Waals surface area contributed by atoms with Gasteiger partial charge >= 0.3 is 0 Å². The van der Waals surface area contributed by atoms with Gasteiger partial charge in [-0.2, -0.15) is 5.10 Å². The first-order chi connectivity index (χ1) is 8.19. The second kappa shape index (κ2) is 4.65. The van der Waals surface area contributed by atoms with E-state index in [2.05, 4.69) is 20.7 Å². The third-order valence-corrected chi connectivity index (χ3v) is 2.16. The maximum Gasteiger partial charge on any atom is 0.222 e. The molecule has 6 heteroatoms. The molecule has 17 heavy (non-hydrogen) atoms. The van der Waals surface area contributed by atoms with Gasteiger partial charge in [0, 0.05) is 38.5 Å². The van der Waals surface area contributed by atoms with Crippen molar-refractivity contribution in [2.45, 2.75) is 6.92 Å². The largest absolute Gasteiger partial charge is 0.372 e. The summed E-state index contributed by atoms with van der Waals surface area (Å²) in [7, 11) is 1.81. The smallest absolute Gasteiger partial charge is 0.222 e. The van der Waals surface area contributed by atoms with Crippen LogP contribution in [0.15, 0.2) is 30.6 Å². The topological polar surface area (TPSA) is 71.8 Å². The molecule has 0 aromatic carbocycles. The van der Waals surface area contributed by atoms with Crippen LogP contribution in [-0.4, -0.2) is 27.7 Å². The fraction of sp³-hybridized carbons (Fsp3) is 0.182. The summed E-state index contributed by atoms with van der Waals surface area (Å²) in [5, 5.41) is 9.86. The average molecular weight is 231 g/mol. The first kappa shape index (κ1) is 11.1. The lowest BCUT2D eigenvalue weighted by Gasteiger charge is -2.04. The number of aromatic nitrogens is 3. The van der Waals surface area contributed by atoms with Gasteiger partial charge < -0.3 is 10.6 Å². The Bertz CT molecular complexity index is 534. The number of nitrogens with one attached hydrogen (secondary N) is 2. The summed E-state index contributed by atoms with van der Waals surface area (Å²) in [4.78, 5) is 15.0. The Morgan fingerprint density at radius 3 is 2.82 bits per heavy atom. The van der Waals surface area contributed by atoms with E-state index in [0.29, 0.717) is 5.82 Å². The Balaban J connectivity index is 2.29. The summed E-state index contributed by atoms with van der Waals surface area (Å²) in [6.07, 6.45) is 3.46. The number of hydrogen-bond acceptors (Lipinski definition) is 4. The monoisotopic (exact) mass is 231 g/mol. The maximum absolute atomic E-state index is 10.9. The summed E-state index contributed by atoms with van der Waals surface area (Å²) < 4.78 is 1.71. The van der Waals surface area contributed by atoms with Crippen molar-refractivity contribution in [2.75, 3.05) is 17.7 Å². The number of rotatable bonds is 3. The van der Waals surface area contributed by atoms with Gasteiger partial charge in [0.2, 0.25) is 5.91 Å². The molecule has 2 aromatic heterocycles. The molecule has 0 aliphatic rings. The molecule has 0 atom stereocenters. The van der Waals surface area contributed by atoms with Gasteiger partial charge in [-0.15, -0.1) is 0 Å². The number of carbonyl (C=O) groups excluding carboxylic acids is 1. The molecule has 1 amide bonds. The summed E-state index contributed by atoms with van der Waals surface area (Å²) >= 11 is 0. The highest BCUT2D eigenvalue weighted by Gasteiger charge is 2.02. The Morgan fingerprint density at radius 1 is 1.35 bits per heavy atom. The van der Waals surface area contributed by atoms with Crippen molar-refractivity contribution in [1.29, 1.82) is 0 Å². The highest BCUT2D eigenvalue weighted by atomic mass is 16.1. The van der Waals surface area contributed by atoms with Crippen molar-refractivity contribution in [2.24, 2.45) is 0 Å². The highest BCUT2D eigenvalue weighted by Crippen LogP contribution is 2.12. The van der Waals surface area contributed by atoms with Crippen molar-refractivity contribution in [3.05, 3.63) is 30.6 Å². The normalized spacial score (nSPS) is 10.0. The van der Waals surface area contributed by atoms with Crippen molar-refractivity contribution in [3.8, 4) is 5.69 Å². The summed E-state index contributed by atoms with van der Waals surface area (Å²) in [5.74, 6) is 1.14. The van der Waals surface area contributed by atoms with E-state index < -0.39 is 0 Å². The second-order valence-corrected chi connectivity index (χ2v) is 3.48. The molecule has 0 saturated carbocycles. The van der Waals surface area contributed by atoms with Crippen molar-refractivity contribution in [3.63, 3.8) is 0 Å². The summed E-state index contributed by atoms with van der Waals surface area (Å²) in [6, 6.07) is 5.43. The number of carbonyl (C=O) groups is 1. The molecule has 88 valence electrons. The van der Waals surface area contributed by atoms with Crippen LogP contribution in [0, 0.1) is 0 Å². The minimum atomic E-state index is -0.147. The molecule has 2 aromatic rings. The minimum Gasteiger partial charge on any atom is -0.372 e. The van der Waals surface area contributed by atoms with Gasteiger partial charge in [-0.05, 0) is 6.07 Å². The predicted octanol–water partition coefficient (Wildman–Crippen LogP) is 1.27. The van der Waals surface area contributed by atoms with Crippen LogP contribution in [0.25, 0.3) is 5.69 Å². The zero-order chi connectivity index (χ0) is 12.3. The van der Waals surface area contributed by atoms with Crippen molar-refractivity contribution in [1.82, 2.24) is 14.8 Å². The zero-order valence-electron chi connectivity index (χ0n) is 9.64.